The lowest BCUT2D eigenvalue weighted by Crippen LogP contribution is -2.04. The van der Waals surface area contributed by atoms with Gasteiger partial charge in [-0.05, 0) is 115 Å². The molecule has 8 rings (SSSR count). The van der Waals surface area contributed by atoms with Crippen molar-refractivity contribution in [3.05, 3.63) is 152 Å². The normalized spacial score (nSPS) is 11.7. The molecule has 244 valence electrons. The van der Waals surface area contributed by atoms with Crippen LogP contribution in [-0.2, 0) is 19.5 Å². The Bertz CT molecular complexity index is 2380. The summed E-state index contributed by atoms with van der Waals surface area (Å²) in [6, 6.07) is 34.1. The lowest BCUT2D eigenvalue weighted by Gasteiger charge is -2.15. The van der Waals surface area contributed by atoms with Crippen LogP contribution in [0.3, 0.4) is 0 Å². The Balaban J connectivity index is 0.950. The predicted molar refractivity (Wildman–Crippen MR) is 211 cm³/mol. The maximum atomic E-state index is 6.82. The summed E-state index contributed by atoms with van der Waals surface area (Å²) in [5.41, 5.74) is 16.5. The fourth-order valence-electron chi connectivity index (χ4n) is 7.47. The number of H-pyrrole nitrogens is 2. The molecule has 0 aliphatic carbocycles. The van der Waals surface area contributed by atoms with Gasteiger partial charge < -0.3 is 20.6 Å². The Kier molecular flexibility index (Phi) is 8.02. The van der Waals surface area contributed by atoms with Gasteiger partial charge in [0.15, 0.2) is 0 Å². The summed E-state index contributed by atoms with van der Waals surface area (Å²) >= 11 is 13.6. The van der Waals surface area contributed by atoms with Crippen LogP contribution in [0.25, 0.3) is 43.6 Å². The van der Waals surface area contributed by atoms with Gasteiger partial charge >= 0.3 is 0 Å². The molecule has 0 bridgehead atoms. The van der Waals surface area contributed by atoms with E-state index in [4.69, 9.17) is 23.2 Å². The smallest absolute Gasteiger partial charge is 0.0640 e. The molecule has 0 radical (unpaired) electrons. The van der Waals surface area contributed by atoms with E-state index in [9.17, 15) is 0 Å². The van der Waals surface area contributed by atoms with Crippen molar-refractivity contribution in [1.82, 2.24) is 9.97 Å². The molecule has 6 aromatic carbocycles. The molecule has 4 N–H and O–H groups in total. The first-order valence-corrected chi connectivity index (χ1v) is 17.5. The van der Waals surface area contributed by atoms with E-state index in [0.717, 1.165) is 28.9 Å². The molecule has 2 heterocycles. The largest absolute Gasteiger partial charge is 0.380 e. The van der Waals surface area contributed by atoms with E-state index in [1.54, 1.807) is 0 Å². The molecule has 4 nitrogen and oxygen atoms in total. The fraction of sp³-hybridized carbons (Fsp3) is 0.163. The number of halogens is 2. The number of hydrogen-bond donors (Lipinski definition) is 4. The molecule has 0 aliphatic rings. The van der Waals surface area contributed by atoms with Crippen molar-refractivity contribution in [2.24, 2.45) is 0 Å². The summed E-state index contributed by atoms with van der Waals surface area (Å²) in [6.45, 7) is 10.2. The van der Waals surface area contributed by atoms with E-state index in [-0.39, 0.29) is 0 Å². The van der Waals surface area contributed by atoms with Gasteiger partial charge in [0, 0.05) is 56.7 Å². The number of hydrogen-bond acceptors (Lipinski definition) is 2. The molecule has 0 saturated carbocycles. The maximum Gasteiger partial charge on any atom is 0.0640 e. The highest BCUT2D eigenvalue weighted by Crippen LogP contribution is 2.35. The SMILES string of the molecule is Cc1cc(CNc2ccc(Cc3ccc(NCc4cc(C)c5[nH]c6ccccc6c5c4C)c(Cl)c3)cc2Cl)c(C)c2c1[nH]c1ccccc12. The van der Waals surface area contributed by atoms with Crippen LogP contribution in [0.5, 0.6) is 0 Å². The van der Waals surface area contributed by atoms with E-state index in [2.05, 4.69) is 145 Å². The molecule has 0 fully saturated rings. The van der Waals surface area contributed by atoms with E-state index in [0.29, 0.717) is 23.1 Å². The highest BCUT2D eigenvalue weighted by molar-refractivity contribution is 6.33. The molecule has 0 amide bonds. The zero-order valence-corrected chi connectivity index (χ0v) is 29.6. The van der Waals surface area contributed by atoms with E-state index in [1.165, 1.54) is 77.0 Å². The van der Waals surface area contributed by atoms with Gasteiger partial charge in [-0.2, -0.15) is 0 Å². The third kappa shape index (κ3) is 5.69. The Morgan fingerprint density at radius 2 is 0.959 bits per heavy atom. The molecule has 0 unspecified atom stereocenters. The monoisotopic (exact) mass is 680 g/mol. The van der Waals surface area contributed by atoms with Crippen LogP contribution in [-0.4, -0.2) is 9.97 Å². The van der Waals surface area contributed by atoms with Gasteiger partial charge in [-0.1, -0.05) is 83.9 Å². The predicted octanol–water partition coefficient (Wildman–Crippen LogP) is 12.3. The Morgan fingerprint density at radius 3 is 1.39 bits per heavy atom. The second-order valence-corrected chi connectivity index (χ2v) is 14.1. The van der Waals surface area contributed by atoms with Gasteiger partial charge in [0.1, 0.15) is 0 Å². The van der Waals surface area contributed by atoms with Crippen LogP contribution in [0, 0.1) is 27.7 Å². The number of fused-ring (bicyclic) bond motifs is 6. The summed E-state index contributed by atoms with van der Waals surface area (Å²) in [7, 11) is 0. The fourth-order valence-corrected chi connectivity index (χ4v) is 8.01. The summed E-state index contributed by atoms with van der Waals surface area (Å²) in [4.78, 5) is 7.20. The van der Waals surface area contributed by atoms with Crippen LogP contribution in [0.1, 0.15) is 44.5 Å². The van der Waals surface area contributed by atoms with Crippen LogP contribution < -0.4 is 10.6 Å². The van der Waals surface area contributed by atoms with Crippen LogP contribution in [0.15, 0.2) is 97.1 Å². The molecule has 2 aromatic heterocycles. The average molecular weight is 682 g/mol. The number of aromatic nitrogens is 2. The number of anilines is 2. The third-order valence-electron chi connectivity index (χ3n) is 10.1. The number of aromatic amines is 2. The molecular formula is C43H38Cl2N4. The first-order chi connectivity index (χ1) is 23.7. The Morgan fingerprint density at radius 1 is 0.531 bits per heavy atom. The number of aryl methyl sites for hydroxylation is 4. The second kappa shape index (κ2) is 12.5. The highest BCUT2D eigenvalue weighted by Gasteiger charge is 2.15. The van der Waals surface area contributed by atoms with Crippen LogP contribution in [0.4, 0.5) is 11.4 Å². The first-order valence-electron chi connectivity index (χ1n) is 16.8. The van der Waals surface area contributed by atoms with Crippen molar-refractivity contribution < 1.29 is 0 Å². The standard InChI is InChI=1S/C43H38Cl2N4/c1-24-17-30(26(3)40-32-9-5-7-11-36(32)48-42(24)40)22-46-38-15-13-28(20-34(38)44)19-29-14-16-39(35(45)21-29)47-23-31-18-25(2)43-41(27(31)4)33-10-6-8-12-37(33)49-43/h5-18,20-21,46-49H,19,22-23H2,1-4H3. The van der Waals surface area contributed by atoms with Gasteiger partial charge in [0.05, 0.1) is 21.4 Å². The van der Waals surface area contributed by atoms with Gasteiger partial charge in [0.2, 0.25) is 0 Å². The molecule has 0 saturated heterocycles. The zero-order chi connectivity index (χ0) is 33.8. The molecule has 49 heavy (non-hydrogen) atoms. The van der Waals surface area contributed by atoms with Gasteiger partial charge in [-0.25, -0.2) is 0 Å². The third-order valence-corrected chi connectivity index (χ3v) is 10.7. The molecular weight excluding hydrogens is 643 g/mol. The van der Waals surface area contributed by atoms with Gasteiger partial charge in [0.25, 0.3) is 0 Å². The van der Waals surface area contributed by atoms with E-state index < -0.39 is 0 Å². The maximum absolute atomic E-state index is 6.82. The Hall–Kier alpha value is -4.90. The lowest BCUT2D eigenvalue weighted by atomic mass is 9.98. The van der Waals surface area contributed by atoms with Crippen molar-refractivity contribution in [1.29, 1.82) is 0 Å². The average Bonchev–Trinajstić information content (AvgIpc) is 3.69. The van der Waals surface area contributed by atoms with Crippen molar-refractivity contribution in [2.45, 2.75) is 47.2 Å². The highest BCUT2D eigenvalue weighted by atomic mass is 35.5. The minimum absolute atomic E-state index is 0.694. The quantitative estimate of drug-likeness (QED) is 0.129. The summed E-state index contributed by atoms with van der Waals surface area (Å²) in [5, 5.41) is 13.7. The van der Waals surface area contributed by atoms with Crippen molar-refractivity contribution in [3.63, 3.8) is 0 Å². The van der Waals surface area contributed by atoms with Crippen LogP contribution >= 0.6 is 23.2 Å². The number of para-hydroxylation sites is 2. The first kappa shape index (κ1) is 31.4. The van der Waals surface area contributed by atoms with E-state index >= 15 is 0 Å². The van der Waals surface area contributed by atoms with Crippen LogP contribution in [0.2, 0.25) is 10.0 Å². The zero-order valence-electron chi connectivity index (χ0n) is 28.1. The molecule has 0 spiro atoms. The summed E-state index contributed by atoms with van der Waals surface area (Å²) in [6.07, 6.45) is 0.741. The molecule has 6 heteroatoms. The van der Waals surface area contributed by atoms with Gasteiger partial charge in [-0.15, -0.1) is 0 Å². The molecule has 8 aromatic rings. The lowest BCUT2D eigenvalue weighted by molar-refractivity contribution is 1.11. The topological polar surface area (TPSA) is 55.6 Å². The number of rotatable bonds is 8. The van der Waals surface area contributed by atoms with Crippen molar-refractivity contribution in [3.8, 4) is 0 Å². The van der Waals surface area contributed by atoms with E-state index in [1.807, 2.05) is 0 Å². The van der Waals surface area contributed by atoms with Crippen molar-refractivity contribution >= 4 is 78.2 Å². The summed E-state index contributed by atoms with van der Waals surface area (Å²) < 4.78 is 0. The summed E-state index contributed by atoms with van der Waals surface area (Å²) in [5.74, 6) is 0. The van der Waals surface area contributed by atoms with Gasteiger partial charge in [-0.3, -0.25) is 0 Å². The number of benzene rings is 6. The number of nitrogens with one attached hydrogen (secondary N) is 4. The molecule has 0 aliphatic heterocycles. The second-order valence-electron chi connectivity index (χ2n) is 13.3. The minimum atomic E-state index is 0.694. The minimum Gasteiger partial charge on any atom is -0.380 e. The molecule has 0 atom stereocenters. The Labute approximate surface area is 296 Å². The van der Waals surface area contributed by atoms with Crippen molar-refractivity contribution in [2.75, 3.05) is 10.6 Å².